The number of rotatable bonds is 12. The van der Waals surface area contributed by atoms with E-state index in [9.17, 15) is 14.9 Å². The Labute approximate surface area is 239 Å². The van der Waals surface area contributed by atoms with Gasteiger partial charge < -0.3 is 14.8 Å². The smallest absolute Gasteiger partial charge is 0.251 e. The van der Waals surface area contributed by atoms with Gasteiger partial charge in [-0.05, 0) is 54.4 Å². The SMILES string of the molecule is CCOc1cc(/C=N\NC(=O)C[C@H](NC(=O)c2ccccc2)c2ccccc2)ccc1OCc1ccccc1C#N. The van der Waals surface area contributed by atoms with Crippen LogP contribution in [0.5, 0.6) is 11.5 Å². The average Bonchev–Trinajstić information content (AvgIpc) is 3.01. The van der Waals surface area contributed by atoms with Crippen molar-refractivity contribution in [3.63, 3.8) is 0 Å². The van der Waals surface area contributed by atoms with Crippen molar-refractivity contribution in [3.8, 4) is 17.6 Å². The predicted octanol–water partition coefficient (Wildman–Crippen LogP) is 5.55. The number of carbonyl (C=O) groups excluding carboxylic acids is 2. The minimum atomic E-state index is -0.536. The molecule has 0 unspecified atom stereocenters. The summed E-state index contributed by atoms with van der Waals surface area (Å²) in [4.78, 5) is 25.6. The summed E-state index contributed by atoms with van der Waals surface area (Å²) in [5.74, 6) is 0.424. The zero-order chi connectivity index (χ0) is 28.9. The molecule has 0 aromatic heterocycles. The molecule has 206 valence electrons. The standard InChI is InChI=1S/C33H30N4O4/c1-2-40-31-19-24(17-18-30(31)41-23-28-16-10-9-15-27(28)21-34)22-35-37-32(38)20-29(25-11-5-3-6-12-25)36-33(39)26-13-7-4-8-14-26/h3-19,22,29H,2,20,23H2,1H3,(H,36,39)(H,37,38)/b35-22-/t29-/m0/s1. The van der Waals surface area contributed by atoms with Crippen LogP contribution in [0.1, 0.15) is 52.0 Å². The molecule has 0 bridgehead atoms. The van der Waals surface area contributed by atoms with E-state index in [1.165, 1.54) is 6.21 Å². The van der Waals surface area contributed by atoms with Gasteiger partial charge in [0.05, 0.1) is 36.9 Å². The molecule has 0 aliphatic heterocycles. The molecule has 4 aromatic carbocycles. The third kappa shape index (κ3) is 8.28. The highest BCUT2D eigenvalue weighted by molar-refractivity contribution is 5.94. The topological polar surface area (TPSA) is 113 Å². The molecule has 0 aliphatic rings. The van der Waals surface area contributed by atoms with E-state index in [0.29, 0.717) is 34.8 Å². The van der Waals surface area contributed by atoms with Crippen LogP contribution in [0.3, 0.4) is 0 Å². The van der Waals surface area contributed by atoms with E-state index < -0.39 is 6.04 Å². The van der Waals surface area contributed by atoms with Crippen molar-refractivity contribution in [3.05, 3.63) is 131 Å². The summed E-state index contributed by atoms with van der Waals surface area (Å²) in [7, 11) is 0. The second-order valence-electron chi connectivity index (χ2n) is 9.00. The first-order valence-corrected chi connectivity index (χ1v) is 13.2. The molecule has 0 radical (unpaired) electrons. The van der Waals surface area contributed by atoms with Crippen LogP contribution in [0.4, 0.5) is 0 Å². The average molecular weight is 547 g/mol. The quantitative estimate of drug-likeness (QED) is 0.179. The lowest BCUT2D eigenvalue weighted by Crippen LogP contribution is -2.32. The van der Waals surface area contributed by atoms with Gasteiger partial charge in [-0.25, -0.2) is 5.43 Å². The van der Waals surface area contributed by atoms with Crippen LogP contribution in [0.15, 0.2) is 108 Å². The van der Waals surface area contributed by atoms with Crippen molar-refractivity contribution in [1.29, 1.82) is 5.26 Å². The zero-order valence-electron chi connectivity index (χ0n) is 22.6. The van der Waals surface area contributed by atoms with E-state index in [1.54, 1.807) is 48.5 Å². The normalized spacial score (nSPS) is 11.3. The van der Waals surface area contributed by atoms with Gasteiger partial charge in [-0.2, -0.15) is 10.4 Å². The maximum Gasteiger partial charge on any atom is 0.251 e. The molecule has 0 saturated heterocycles. The molecule has 0 fully saturated rings. The Kier molecular flexibility index (Phi) is 10.2. The van der Waals surface area contributed by atoms with E-state index in [2.05, 4.69) is 21.9 Å². The molecule has 4 aromatic rings. The summed E-state index contributed by atoms with van der Waals surface area (Å²) in [6.07, 6.45) is 1.51. The number of ether oxygens (including phenoxy) is 2. The monoisotopic (exact) mass is 546 g/mol. The second-order valence-corrected chi connectivity index (χ2v) is 9.00. The Bertz CT molecular complexity index is 1530. The predicted molar refractivity (Wildman–Crippen MR) is 157 cm³/mol. The third-order valence-corrected chi connectivity index (χ3v) is 6.12. The molecule has 0 aliphatic carbocycles. The molecule has 8 nitrogen and oxygen atoms in total. The lowest BCUT2D eigenvalue weighted by atomic mass is 10.0. The molecule has 0 saturated carbocycles. The number of hydrazone groups is 1. The number of hydrogen-bond donors (Lipinski definition) is 2. The van der Waals surface area contributed by atoms with Crippen molar-refractivity contribution in [2.45, 2.75) is 26.0 Å². The van der Waals surface area contributed by atoms with Crippen molar-refractivity contribution in [2.24, 2.45) is 5.10 Å². The van der Waals surface area contributed by atoms with Gasteiger partial charge in [0.2, 0.25) is 5.91 Å². The Morgan fingerprint density at radius 3 is 2.34 bits per heavy atom. The van der Waals surface area contributed by atoms with Crippen LogP contribution in [-0.4, -0.2) is 24.6 Å². The molecular formula is C33H30N4O4. The second kappa shape index (κ2) is 14.7. The third-order valence-electron chi connectivity index (χ3n) is 6.12. The van der Waals surface area contributed by atoms with Gasteiger partial charge in [-0.1, -0.05) is 66.7 Å². The van der Waals surface area contributed by atoms with Gasteiger partial charge in [-0.15, -0.1) is 0 Å². The van der Waals surface area contributed by atoms with Crippen molar-refractivity contribution in [1.82, 2.24) is 10.7 Å². The van der Waals surface area contributed by atoms with Gasteiger partial charge in [0.15, 0.2) is 11.5 Å². The van der Waals surface area contributed by atoms with E-state index in [4.69, 9.17) is 9.47 Å². The number of carbonyl (C=O) groups is 2. The molecule has 0 spiro atoms. The van der Waals surface area contributed by atoms with Crippen LogP contribution in [-0.2, 0) is 11.4 Å². The zero-order valence-corrected chi connectivity index (χ0v) is 22.6. The van der Waals surface area contributed by atoms with Crippen molar-refractivity contribution < 1.29 is 19.1 Å². The summed E-state index contributed by atoms with van der Waals surface area (Å²) in [5, 5.41) is 16.4. The molecule has 2 amide bonds. The largest absolute Gasteiger partial charge is 0.490 e. The highest BCUT2D eigenvalue weighted by atomic mass is 16.5. The molecule has 8 heteroatoms. The van der Waals surface area contributed by atoms with Gasteiger partial charge in [0.1, 0.15) is 6.61 Å². The van der Waals surface area contributed by atoms with E-state index in [0.717, 1.165) is 11.1 Å². The summed E-state index contributed by atoms with van der Waals surface area (Å²) in [5.41, 5.74) is 5.89. The lowest BCUT2D eigenvalue weighted by Gasteiger charge is -2.18. The number of nitrogens with zero attached hydrogens (tertiary/aromatic N) is 2. The van der Waals surface area contributed by atoms with Crippen LogP contribution >= 0.6 is 0 Å². The van der Waals surface area contributed by atoms with Gasteiger partial charge in [-0.3, -0.25) is 9.59 Å². The highest BCUT2D eigenvalue weighted by Gasteiger charge is 2.19. The molecule has 4 rings (SSSR count). The van der Waals surface area contributed by atoms with Gasteiger partial charge in [0.25, 0.3) is 5.91 Å². The van der Waals surface area contributed by atoms with Crippen molar-refractivity contribution in [2.75, 3.05) is 6.61 Å². The molecule has 1 atom stereocenters. The lowest BCUT2D eigenvalue weighted by molar-refractivity contribution is -0.121. The summed E-state index contributed by atoms with van der Waals surface area (Å²) in [6, 6.07) is 32.4. The maximum absolute atomic E-state index is 12.8. The number of amides is 2. The molecule has 0 heterocycles. The van der Waals surface area contributed by atoms with Crippen LogP contribution < -0.4 is 20.2 Å². The maximum atomic E-state index is 12.8. The number of benzene rings is 4. The Balaban J connectivity index is 1.39. The first-order chi connectivity index (χ1) is 20.1. The molecule has 41 heavy (non-hydrogen) atoms. The van der Waals surface area contributed by atoms with Crippen molar-refractivity contribution >= 4 is 18.0 Å². The number of nitrogens with one attached hydrogen (secondary N) is 2. The fourth-order valence-corrected chi connectivity index (χ4v) is 4.08. The highest BCUT2D eigenvalue weighted by Crippen LogP contribution is 2.29. The van der Waals surface area contributed by atoms with Gasteiger partial charge in [0, 0.05) is 11.1 Å². The van der Waals surface area contributed by atoms with E-state index >= 15 is 0 Å². The molecular weight excluding hydrogens is 516 g/mol. The van der Waals surface area contributed by atoms with Crippen LogP contribution in [0, 0.1) is 11.3 Å². The van der Waals surface area contributed by atoms with Crippen LogP contribution in [0.25, 0.3) is 0 Å². The summed E-state index contributed by atoms with van der Waals surface area (Å²) in [6.45, 7) is 2.52. The fourth-order valence-electron chi connectivity index (χ4n) is 4.08. The minimum Gasteiger partial charge on any atom is -0.490 e. The van der Waals surface area contributed by atoms with Crippen LogP contribution in [0.2, 0.25) is 0 Å². The molecule has 2 N–H and O–H groups in total. The summed E-state index contributed by atoms with van der Waals surface area (Å²) < 4.78 is 11.7. The minimum absolute atomic E-state index is 0.00106. The van der Waals surface area contributed by atoms with Gasteiger partial charge >= 0.3 is 0 Å². The van der Waals surface area contributed by atoms with E-state index in [1.807, 2.05) is 61.5 Å². The first kappa shape index (κ1) is 28.6. The van der Waals surface area contributed by atoms with E-state index in [-0.39, 0.29) is 24.8 Å². The Morgan fingerprint density at radius 1 is 0.902 bits per heavy atom. The summed E-state index contributed by atoms with van der Waals surface area (Å²) >= 11 is 0. The number of hydrogen-bond acceptors (Lipinski definition) is 6. The Hall–Kier alpha value is -5.42. The Morgan fingerprint density at radius 2 is 1.61 bits per heavy atom. The number of nitriles is 1. The fraction of sp³-hybridized carbons (Fsp3) is 0.152. The first-order valence-electron chi connectivity index (χ1n) is 13.2.